The standard InChI is InChI=1S/C14H21NO2S/c1-3-13-6-8-14(9-7-13)18(16,17)15-10-4-5-12(2)11-15/h6-9,12H,3-5,10-11H2,1-2H3. The van der Waals surface area contributed by atoms with Crippen molar-refractivity contribution in [3.05, 3.63) is 29.8 Å². The van der Waals surface area contributed by atoms with Crippen molar-refractivity contribution in [1.82, 2.24) is 4.31 Å². The lowest BCUT2D eigenvalue weighted by Gasteiger charge is -2.30. The van der Waals surface area contributed by atoms with Gasteiger partial charge in [0.25, 0.3) is 0 Å². The maximum Gasteiger partial charge on any atom is 0.243 e. The summed E-state index contributed by atoms with van der Waals surface area (Å²) >= 11 is 0. The molecule has 1 unspecified atom stereocenters. The molecule has 1 aromatic carbocycles. The molecular weight excluding hydrogens is 246 g/mol. The average molecular weight is 267 g/mol. The van der Waals surface area contributed by atoms with E-state index in [2.05, 4.69) is 13.8 Å². The Kier molecular flexibility index (Phi) is 4.07. The molecule has 1 aliphatic rings. The molecule has 1 fully saturated rings. The van der Waals surface area contributed by atoms with E-state index in [9.17, 15) is 8.42 Å². The number of benzene rings is 1. The highest BCUT2D eigenvalue weighted by Crippen LogP contribution is 2.23. The second-order valence-corrected chi connectivity index (χ2v) is 7.05. The first-order chi connectivity index (χ1) is 8.54. The van der Waals surface area contributed by atoms with Gasteiger partial charge in [0.15, 0.2) is 0 Å². The average Bonchev–Trinajstić information content (AvgIpc) is 2.39. The SMILES string of the molecule is CCc1ccc(S(=O)(=O)N2CCCC(C)C2)cc1. The molecule has 3 nitrogen and oxygen atoms in total. The zero-order valence-corrected chi connectivity index (χ0v) is 11.9. The van der Waals surface area contributed by atoms with Crippen molar-refractivity contribution in [1.29, 1.82) is 0 Å². The van der Waals surface area contributed by atoms with Crippen molar-refractivity contribution in [2.24, 2.45) is 5.92 Å². The van der Waals surface area contributed by atoms with Crippen LogP contribution in [-0.4, -0.2) is 25.8 Å². The van der Waals surface area contributed by atoms with E-state index < -0.39 is 10.0 Å². The molecule has 0 saturated carbocycles. The van der Waals surface area contributed by atoms with Crippen LogP contribution in [0.15, 0.2) is 29.2 Å². The summed E-state index contributed by atoms with van der Waals surface area (Å²) in [6, 6.07) is 7.27. The maximum atomic E-state index is 12.5. The van der Waals surface area contributed by atoms with Crippen LogP contribution in [0.4, 0.5) is 0 Å². The first kappa shape index (κ1) is 13.6. The molecule has 1 aliphatic heterocycles. The first-order valence-electron chi connectivity index (χ1n) is 6.63. The lowest BCUT2D eigenvalue weighted by molar-refractivity contribution is 0.281. The Bertz CT molecular complexity index is 493. The third-order valence-electron chi connectivity index (χ3n) is 3.59. The Balaban J connectivity index is 2.23. The molecule has 1 aromatic rings. The Morgan fingerprint density at radius 3 is 2.50 bits per heavy atom. The topological polar surface area (TPSA) is 37.4 Å². The summed E-state index contributed by atoms with van der Waals surface area (Å²) in [5, 5.41) is 0. The van der Waals surface area contributed by atoms with Gasteiger partial charge in [0.2, 0.25) is 10.0 Å². The van der Waals surface area contributed by atoms with Crippen LogP contribution in [0.3, 0.4) is 0 Å². The highest BCUT2D eigenvalue weighted by Gasteiger charge is 2.28. The number of aryl methyl sites for hydroxylation is 1. The molecule has 4 heteroatoms. The van der Waals surface area contributed by atoms with E-state index in [1.807, 2.05) is 12.1 Å². The molecule has 0 N–H and O–H groups in total. The van der Waals surface area contributed by atoms with Gasteiger partial charge in [0, 0.05) is 13.1 Å². The second-order valence-electron chi connectivity index (χ2n) is 5.11. The van der Waals surface area contributed by atoms with Gasteiger partial charge in [-0.25, -0.2) is 8.42 Å². The molecule has 0 bridgehead atoms. The second kappa shape index (κ2) is 5.41. The molecule has 18 heavy (non-hydrogen) atoms. The predicted octanol–water partition coefficient (Wildman–Crippen LogP) is 2.67. The third kappa shape index (κ3) is 2.75. The third-order valence-corrected chi connectivity index (χ3v) is 5.47. The molecule has 0 spiro atoms. The minimum absolute atomic E-state index is 0.425. The maximum absolute atomic E-state index is 12.5. The highest BCUT2D eigenvalue weighted by molar-refractivity contribution is 7.89. The Morgan fingerprint density at radius 2 is 1.94 bits per heavy atom. The van der Waals surface area contributed by atoms with Crippen molar-refractivity contribution in [3.63, 3.8) is 0 Å². The van der Waals surface area contributed by atoms with Crippen LogP contribution in [0.1, 0.15) is 32.3 Å². The van der Waals surface area contributed by atoms with E-state index in [1.54, 1.807) is 16.4 Å². The fraction of sp³-hybridized carbons (Fsp3) is 0.571. The smallest absolute Gasteiger partial charge is 0.207 e. The first-order valence-corrected chi connectivity index (χ1v) is 8.07. The zero-order valence-electron chi connectivity index (χ0n) is 11.1. The predicted molar refractivity (Wildman–Crippen MR) is 73.0 cm³/mol. The van der Waals surface area contributed by atoms with Crippen molar-refractivity contribution >= 4 is 10.0 Å². The van der Waals surface area contributed by atoms with Crippen LogP contribution >= 0.6 is 0 Å². The molecule has 1 atom stereocenters. The molecule has 0 aliphatic carbocycles. The van der Waals surface area contributed by atoms with Crippen LogP contribution in [-0.2, 0) is 16.4 Å². The van der Waals surface area contributed by atoms with E-state index in [0.717, 1.165) is 19.3 Å². The molecular formula is C14H21NO2S. The monoisotopic (exact) mass is 267 g/mol. The number of piperidine rings is 1. The summed E-state index contributed by atoms with van der Waals surface area (Å²) in [7, 11) is -3.29. The van der Waals surface area contributed by atoms with Gasteiger partial charge in [-0.05, 0) is 42.9 Å². The van der Waals surface area contributed by atoms with E-state index in [4.69, 9.17) is 0 Å². The minimum atomic E-state index is -3.29. The van der Waals surface area contributed by atoms with Crippen LogP contribution in [0.25, 0.3) is 0 Å². The van der Waals surface area contributed by atoms with Crippen LogP contribution in [0, 0.1) is 5.92 Å². The van der Waals surface area contributed by atoms with Gasteiger partial charge >= 0.3 is 0 Å². The van der Waals surface area contributed by atoms with Gasteiger partial charge in [-0.3, -0.25) is 0 Å². The number of nitrogens with zero attached hydrogens (tertiary/aromatic N) is 1. The lowest BCUT2D eigenvalue weighted by Crippen LogP contribution is -2.39. The zero-order chi connectivity index (χ0) is 13.2. The van der Waals surface area contributed by atoms with Crippen molar-refractivity contribution < 1.29 is 8.42 Å². The quantitative estimate of drug-likeness (QED) is 0.844. The fourth-order valence-corrected chi connectivity index (χ4v) is 4.01. The molecule has 1 saturated heterocycles. The minimum Gasteiger partial charge on any atom is -0.207 e. The highest BCUT2D eigenvalue weighted by atomic mass is 32.2. The van der Waals surface area contributed by atoms with E-state index in [1.165, 1.54) is 5.56 Å². The lowest BCUT2D eigenvalue weighted by atomic mass is 10.0. The largest absolute Gasteiger partial charge is 0.243 e. The summed E-state index contributed by atoms with van der Waals surface area (Å²) in [6.07, 6.45) is 3.02. The summed E-state index contributed by atoms with van der Waals surface area (Å²) in [6.45, 7) is 5.48. The van der Waals surface area contributed by atoms with Crippen molar-refractivity contribution in [3.8, 4) is 0 Å². The van der Waals surface area contributed by atoms with Gasteiger partial charge in [-0.2, -0.15) is 4.31 Å². The summed E-state index contributed by atoms with van der Waals surface area (Å²) in [5.41, 5.74) is 1.17. The number of hydrogen-bond acceptors (Lipinski definition) is 2. The van der Waals surface area contributed by atoms with Crippen LogP contribution < -0.4 is 0 Å². The van der Waals surface area contributed by atoms with Gasteiger partial charge < -0.3 is 0 Å². The Morgan fingerprint density at radius 1 is 1.28 bits per heavy atom. The van der Waals surface area contributed by atoms with Crippen molar-refractivity contribution in [2.45, 2.75) is 38.0 Å². The van der Waals surface area contributed by atoms with Crippen molar-refractivity contribution in [2.75, 3.05) is 13.1 Å². The Labute approximate surface area is 110 Å². The van der Waals surface area contributed by atoms with E-state index in [-0.39, 0.29) is 0 Å². The number of sulfonamides is 1. The Hall–Kier alpha value is -0.870. The summed E-state index contributed by atoms with van der Waals surface area (Å²) in [5.74, 6) is 0.462. The molecule has 2 rings (SSSR count). The molecule has 0 amide bonds. The molecule has 1 heterocycles. The number of hydrogen-bond donors (Lipinski definition) is 0. The fourth-order valence-electron chi connectivity index (χ4n) is 2.41. The summed E-state index contributed by atoms with van der Waals surface area (Å²) < 4.78 is 26.5. The van der Waals surface area contributed by atoms with Crippen LogP contribution in [0.5, 0.6) is 0 Å². The number of rotatable bonds is 3. The molecule has 0 aromatic heterocycles. The van der Waals surface area contributed by atoms with Gasteiger partial charge in [0.1, 0.15) is 0 Å². The van der Waals surface area contributed by atoms with Gasteiger partial charge in [0.05, 0.1) is 4.90 Å². The molecule has 100 valence electrons. The van der Waals surface area contributed by atoms with E-state index >= 15 is 0 Å². The molecule has 0 radical (unpaired) electrons. The van der Waals surface area contributed by atoms with E-state index in [0.29, 0.717) is 23.9 Å². The van der Waals surface area contributed by atoms with Gasteiger partial charge in [-0.15, -0.1) is 0 Å². The normalized spacial score (nSPS) is 22.0. The summed E-state index contributed by atoms with van der Waals surface area (Å²) in [4.78, 5) is 0.425. The van der Waals surface area contributed by atoms with Crippen LogP contribution in [0.2, 0.25) is 0 Å². The van der Waals surface area contributed by atoms with Gasteiger partial charge in [-0.1, -0.05) is 26.0 Å².